The molecule has 0 saturated carbocycles. The van der Waals surface area contributed by atoms with Crippen LogP contribution in [0, 0.1) is 0 Å². The zero-order valence-electron chi connectivity index (χ0n) is 16.8. The molecule has 1 aromatic heterocycles. The van der Waals surface area contributed by atoms with E-state index in [0.29, 0.717) is 17.8 Å². The summed E-state index contributed by atoms with van der Waals surface area (Å²) >= 11 is 0. The fourth-order valence-corrected chi connectivity index (χ4v) is 4.03. The van der Waals surface area contributed by atoms with Crippen molar-refractivity contribution >= 4 is 16.8 Å². The number of nitrogens with one attached hydrogen (secondary N) is 1. The quantitative estimate of drug-likeness (QED) is 0.640. The summed E-state index contributed by atoms with van der Waals surface area (Å²) in [6.45, 7) is 4.08. The third-order valence-electron chi connectivity index (χ3n) is 5.58. The van der Waals surface area contributed by atoms with Gasteiger partial charge in [0.05, 0.1) is 11.1 Å². The molecule has 0 aliphatic carbocycles. The molecule has 4 rings (SSSR count). The van der Waals surface area contributed by atoms with Gasteiger partial charge in [-0.2, -0.15) is 0 Å². The molecule has 0 radical (unpaired) electrons. The van der Waals surface area contributed by atoms with Crippen molar-refractivity contribution in [1.29, 1.82) is 0 Å². The lowest BCUT2D eigenvalue weighted by Crippen LogP contribution is -2.31. The molecular weight excluding hydrogens is 360 g/mol. The van der Waals surface area contributed by atoms with Crippen LogP contribution >= 0.6 is 0 Å². The number of hydrogen-bond acceptors (Lipinski definition) is 4. The zero-order chi connectivity index (χ0) is 19.9. The highest BCUT2D eigenvalue weighted by Gasteiger charge is 2.19. The van der Waals surface area contributed by atoms with Crippen LogP contribution in [0.3, 0.4) is 0 Å². The molecule has 2 aromatic carbocycles. The molecule has 3 aromatic rings. The molecule has 1 amide bonds. The van der Waals surface area contributed by atoms with Crippen LogP contribution in [-0.2, 0) is 0 Å². The summed E-state index contributed by atoms with van der Waals surface area (Å²) < 4.78 is 0. The Labute approximate surface area is 172 Å². The fourth-order valence-electron chi connectivity index (χ4n) is 4.03. The lowest BCUT2D eigenvalue weighted by atomic mass is 10.0. The van der Waals surface area contributed by atoms with E-state index >= 15 is 0 Å². The zero-order valence-corrected chi connectivity index (χ0v) is 16.8. The summed E-state index contributed by atoms with van der Waals surface area (Å²) in [5, 5.41) is 12.7. The number of aromatic nitrogens is 2. The standard InChI is InChI=1S/C24H28N4O/c29-24(25-15-10-18-28-16-8-1-2-9-17-28)22-20-13-6-7-14-21(20)26-27-23(22)19-11-4-3-5-12-19/h3-7,11-14H,1-2,8-10,15-18H2,(H,25,29). The van der Waals surface area contributed by atoms with Crippen LogP contribution in [0.2, 0.25) is 0 Å². The normalized spacial score (nSPS) is 15.2. The van der Waals surface area contributed by atoms with Crippen LogP contribution < -0.4 is 5.32 Å². The van der Waals surface area contributed by atoms with Gasteiger partial charge >= 0.3 is 0 Å². The maximum Gasteiger partial charge on any atom is 0.254 e. The predicted molar refractivity (Wildman–Crippen MR) is 117 cm³/mol. The van der Waals surface area contributed by atoms with Crippen molar-refractivity contribution in [3.05, 3.63) is 60.2 Å². The Bertz CT molecular complexity index is 950. The number of carbonyl (C=O) groups excluding carboxylic acids is 1. The minimum atomic E-state index is -0.0779. The van der Waals surface area contributed by atoms with E-state index in [9.17, 15) is 4.79 Å². The predicted octanol–water partition coefficient (Wildman–Crippen LogP) is 4.29. The molecule has 0 spiro atoms. The molecule has 0 bridgehead atoms. The second-order valence-electron chi connectivity index (χ2n) is 7.67. The van der Waals surface area contributed by atoms with Gasteiger partial charge in [-0.3, -0.25) is 4.79 Å². The minimum absolute atomic E-state index is 0.0779. The van der Waals surface area contributed by atoms with Crippen LogP contribution in [0.5, 0.6) is 0 Å². The van der Waals surface area contributed by atoms with E-state index < -0.39 is 0 Å². The maximum atomic E-state index is 13.2. The molecule has 1 fully saturated rings. The molecule has 29 heavy (non-hydrogen) atoms. The van der Waals surface area contributed by atoms with Gasteiger partial charge in [0.25, 0.3) is 5.91 Å². The second kappa shape index (κ2) is 9.61. The Morgan fingerprint density at radius 1 is 0.897 bits per heavy atom. The first-order valence-electron chi connectivity index (χ1n) is 10.6. The van der Waals surface area contributed by atoms with Gasteiger partial charge in [-0.05, 0) is 45.0 Å². The molecular formula is C24H28N4O. The molecule has 2 heterocycles. The van der Waals surface area contributed by atoms with Crippen molar-refractivity contribution in [2.45, 2.75) is 32.1 Å². The number of likely N-dealkylation sites (tertiary alicyclic amines) is 1. The van der Waals surface area contributed by atoms with Crippen LogP contribution in [0.15, 0.2) is 54.6 Å². The number of carbonyl (C=O) groups is 1. The Balaban J connectivity index is 1.50. The van der Waals surface area contributed by atoms with E-state index in [1.54, 1.807) is 0 Å². The summed E-state index contributed by atoms with van der Waals surface area (Å²) in [5.41, 5.74) is 2.88. The number of nitrogens with zero attached hydrogens (tertiary/aromatic N) is 3. The lowest BCUT2D eigenvalue weighted by Gasteiger charge is -2.19. The minimum Gasteiger partial charge on any atom is -0.352 e. The maximum absolute atomic E-state index is 13.2. The van der Waals surface area contributed by atoms with Gasteiger partial charge in [0, 0.05) is 17.5 Å². The number of fused-ring (bicyclic) bond motifs is 1. The van der Waals surface area contributed by atoms with Crippen molar-refractivity contribution < 1.29 is 4.79 Å². The van der Waals surface area contributed by atoms with Crippen LogP contribution in [-0.4, -0.2) is 47.2 Å². The molecule has 1 N–H and O–H groups in total. The van der Waals surface area contributed by atoms with Crippen molar-refractivity contribution in [1.82, 2.24) is 20.4 Å². The molecule has 1 saturated heterocycles. The highest BCUT2D eigenvalue weighted by atomic mass is 16.1. The first-order chi connectivity index (χ1) is 14.3. The number of benzene rings is 2. The number of rotatable bonds is 6. The van der Waals surface area contributed by atoms with Gasteiger partial charge in [-0.1, -0.05) is 61.4 Å². The van der Waals surface area contributed by atoms with Crippen molar-refractivity contribution in [2.75, 3.05) is 26.2 Å². The van der Waals surface area contributed by atoms with Crippen molar-refractivity contribution in [2.24, 2.45) is 0 Å². The van der Waals surface area contributed by atoms with Gasteiger partial charge < -0.3 is 10.2 Å². The number of hydrogen-bond donors (Lipinski definition) is 1. The summed E-state index contributed by atoms with van der Waals surface area (Å²) in [7, 11) is 0. The average Bonchev–Trinajstić information content (AvgIpc) is 3.05. The third-order valence-corrected chi connectivity index (χ3v) is 5.58. The van der Waals surface area contributed by atoms with Gasteiger partial charge in [0.15, 0.2) is 0 Å². The Morgan fingerprint density at radius 3 is 2.41 bits per heavy atom. The summed E-state index contributed by atoms with van der Waals surface area (Å²) in [6.07, 6.45) is 6.24. The monoisotopic (exact) mass is 388 g/mol. The van der Waals surface area contributed by atoms with Gasteiger partial charge in [-0.25, -0.2) is 0 Å². The third kappa shape index (κ3) is 4.80. The first kappa shape index (κ1) is 19.5. The molecule has 1 aliphatic heterocycles. The van der Waals surface area contributed by atoms with E-state index in [1.807, 2.05) is 54.6 Å². The van der Waals surface area contributed by atoms with E-state index in [1.165, 1.54) is 38.8 Å². The van der Waals surface area contributed by atoms with Gasteiger partial charge in [-0.15, -0.1) is 10.2 Å². The van der Waals surface area contributed by atoms with Gasteiger partial charge in [0.1, 0.15) is 5.69 Å². The van der Waals surface area contributed by atoms with Gasteiger partial charge in [0.2, 0.25) is 0 Å². The summed E-state index contributed by atoms with van der Waals surface area (Å²) in [4.78, 5) is 15.7. The molecule has 5 nitrogen and oxygen atoms in total. The smallest absolute Gasteiger partial charge is 0.254 e. The Kier molecular flexibility index (Phi) is 6.47. The van der Waals surface area contributed by atoms with E-state index in [4.69, 9.17) is 0 Å². The molecule has 150 valence electrons. The van der Waals surface area contributed by atoms with E-state index in [2.05, 4.69) is 20.4 Å². The lowest BCUT2D eigenvalue weighted by molar-refractivity contribution is 0.0953. The summed E-state index contributed by atoms with van der Waals surface area (Å²) in [6, 6.07) is 17.5. The highest BCUT2D eigenvalue weighted by Crippen LogP contribution is 2.26. The van der Waals surface area contributed by atoms with E-state index in [0.717, 1.165) is 29.4 Å². The molecule has 1 aliphatic rings. The number of amides is 1. The fraction of sp³-hybridized carbons (Fsp3) is 0.375. The second-order valence-corrected chi connectivity index (χ2v) is 7.67. The van der Waals surface area contributed by atoms with Crippen LogP contribution in [0.4, 0.5) is 0 Å². The highest BCUT2D eigenvalue weighted by molar-refractivity contribution is 6.10. The molecule has 0 unspecified atom stereocenters. The largest absolute Gasteiger partial charge is 0.352 e. The SMILES string of the molecule is O=C(NCCCN1CCCCCC1)c1c(-c2ccccc2)nnc2ccccc12. The van der Waals surface area contributed by atoms with E-state index in [-0.39, 0.29) is 5.91 Å². The molecule has 0 atom stereocenters. The van der Waals surface area contributed by atoms with Crippen molar-refractivity contribution in [3.63, 3.8) is 0 Å². The average molecular weight is 389 g/mol. The first-order valence-corrected chi connectivity index (χ1v) is 10.6. The van der Waals surface area contributed by atoms with Crippen LogP contribution in [0.25, 0.3) is 22.2 Å². The molecule has 5 heteroatoms. The topological polar surface area (TPSA) is 58.1 Å². The van der Waals surface area contributed by atoms with Crippen LogP contribution in [0.1, 0.15) is 42.5 Å². The van der Waals surface area contributed by atoms with Crippen molar-refractivity contribution in [3.8, 4) is 11.3 Å². The Morgan fingerprint density at radius 2 is 1.62 bits per heavy atom. The Hall–Kier alpha value is -2.79. The summed E-state index contributed by atoms with van der Waals surface area (Å²) in [5.74, 6) is -0.0779.